The van der Waals surface area contributed by atoms with Gasteiger partial charge in [0.25, 0.3) is 0 Å². The third kappa shape index (κ3) is 5.78. The molecule has 1 aliphatic carbocycles. The molecule has 1 atom stereocenters. The average Bonchev–Trinajstić information content (AvgIpc) is 3.04. The summed E-state index contributed by atoms with van der Waals surface area (Å²) in [6.07, 6.45) is 8.17. The molecule has 1 aromatic rings. The monoisotopic (exact) mass is 361 g/mol. The smallest absolute Gasteiger partial charge is 0.0285 e. The minimum Gasteiger partial charge on any atom is -0.313 e. The molecule has 1 heterocycles. The summed E-state index contributed by atoms with van der Waals surface area (Å²) in [5.74, 6) is 1.26. The maximum absolute atomic E-state index is 3.72. The van der Waals surface area contributed by atoms with E-state index in [1.54, 1.807) is 0 Å². The molecule has 0 saturated heterocycles. The predicted molar refractivity (Wildman–Crippen MR) is 92.5 cm³/mol. The van der Waals surface area contributed by atoms with Crippen LogP contribution >= 0.6 is 39.0 Å². The van der Waals surface area contributed by atoms with Crippen LogP contribution in [0.3, 0.4) is 0 Å². The Morgan fingerprint density at radius 1 is 1.47 bits per heavy atom. The van der Waals surface area contributed by atoms with Crippen molar-refractivity contribution in [2.45, 2.75) is 56.7 Å². The van der Waals surface area contributed by atoms with Crippen molar-refractivity contribution in [3.05, 3.63) is 20.8 Å². The first-order chi connectivity index (χ1) is 9.28. The number of hydrogen-bond acceptors (Lipinski definition) is 3. The van der Waals surface area contributed by atoms with Crippen LogP contribution in [-0.2, 0) is 6.42 Å². The maximum Gasteiger partial charge on any atom is 0.0285 e. The van der Waals surface area contributed by atoms with Crippen molar-refractivity contribution in [1.82, 2.24) is 5.32 Å². The number of thiophene rings is 1. The Hall–Kier alpha value is 0.490. The van der Waals surface area contributed by atoms with Gasteiger partial charge in [0.05, 0.1) is 0 Å². The summed E-state index contributed by atoms with van der Waals surface area (Å²) < 4.78 is 1.23. The normalized spacial score (nSPS) is 18.0. The molecular formula is C15H24BrNS2. The molecule has 108 valence electrons. The number of nitrogens with one attached hydrogen (secondary N) is 1. The van der Waals surface area contributed by atoms with Crippen LogP contribution in [0.2, 0.25) is 0 Å². The van der Waals surface area contributed by atoms with E-state index in [1.165, 1.54) is 53.6 Å². The van der Waals surface area contributed by atoms with Gasteiger partial charge < -0.3 is 5.32 Å². The number of thioether (sulfide) groups is 1. The summed E-state index contributed by atoms with van der Waals surface area (Å²) in [5.41, 5.74) is 0. The van der Waals surface area contributed by atoms with Gasteiger partial charge in [-0.15, -0.1) is 11.3 Å². The van der Waals surface area contributed by atoms with Crippen LogP contribution in [0.25, 0.3) is 0 Å². The van der Waals surface area contributed by atoms with Gasteiger partial charge in [0.15, 0.2) is 0 Å². The van der Waals surface area contributed by atoms with Crippen molar-refractivity contribution < 1.29 is 0 Å². The SMILES string of the molecule is CCCNC(CSC1CCCC1)Cc1cc(Br)cs1. The Bertz CT molecular complexity index is 361. The fourth-order valence-electron chi connectivity index (χ4n) is 2.55. The third-order valence-electron chi connectivity index (χ3n) is 3.59. The van der Waals surface area contributed by atoms with Gasteiger partial charge in [-0.1, -0.05) is 19.8 Å². The average molecular weight is 362 g/mol. The molecule has 1 aromatic heterocycles. The van der Waals surface area contributed by atoms with Gasteiger partial charge >= 0.3 is 0 Å². The highest BCUT2D eigenvalue weighted by atomic mass is 79.9. The fraction of sp³-hybridized carbons (Fsp3) is 0.733. The molecular weight excluding hydrogens is 338 g/mol. The Balaban J connectivity index is 1.79. The van der Waals surface area contributed by atoms with Gasteiger partial charge in [-0.3, -0.25) is 0 Å². The van der Waals surface area contributed by atoms with Crippen molar-refractivity contribution in [2.24, 2.45) is 0 Å². The molecule has 1 nitrogen and oxygen atoms in total. The summed E-state index contributed by atoms with van der Waals surface area (Å²) in [6.45, 7) is 3.39. The zero-order valence-corrected chi connectivity index (χ0v) is 14.9. The van der Waals surface area contributed by atoms with E-state index in [0.717, 1.165) is 11.8 Å². The van der Waals surface area contributed by atoms with Gasteiger partial charge in [0.1, 0.15) is 0 Å². The van der Waals surface area contributed by atoms with E-state index < -0.39 is 0 Å². The molecule has 1 unspecified atom stereocenters. The molecule has 0 amide bonds. The number of hydrogen-bond donors (Lipinski definition) is 1. The minimum absolute atomic E-state index is 0.635. The van der Waals surface area contributed by atoms with Crippen molar-refractivity contribution in [3.63, 3.8) is 0 Å². The van der Waals surface area contributed by atoms with Gasteiger partial charge in [0.2, 0.25) is 0 Å². The lowest BCUT2D eigenvalue weighted by molar-refractivity contribution is 0.552. The van der Waals surface area contributed by atoms with Crippen LogP contribution in [0, 0.1) is 0 Å². The van der Waals surface area contributed by atoms with Crippen LogP contribution in [0.1, 0.15) is 43.9 Å². The van der Waals surface area contributed by atoms with E-state index in [9.17, 15) is 0 Å². The Morgan fingerprint density at radius 2 is 2.26 bits per heavy atom. The highest BCUT2D eigenvalue weighted by Gasteiger charge is 2.18. The van der Waals surface area contributed by atoms with Gasteiger partial charge in [0, 0.05) is 31.8 Å². The topological polar surface area (TPSA) is 12.0 Å². The standard InChI is InChI=1S/C15H24BrNS2/c1-2-7-17-13(9-15-8-12(16)10-18-15)11-19-14-5-3-4-6-14/h8,10,13-14,17H,2-7,9,11H2,1H3. The molecule has 1 aliphatic rings. The minimum atomic E-state index is 0.635. The van der Waals surface area contributed by atoms with Crippen molar-refractivity contribution in [2.75, 3.05) is 12.3 Å². The summed E-state index contributed by atoms with van der Waals surface area (Å²) in [6, 6.07) is 2.90. The lowest BCUT2D eigenvalue weighted by Crippen LogP contribution is -2.34. The van der Waals surface area contributed by atoms with Crippen LogP contribution in [-0.4, -0.2) is 23.6 Å². The van der Waals surface area contributed by atoms with Crippen molar-refractivity contribution in [3.8, 4) is 0 Å². The summed E-state index contributed by atoms with van der Waals surface area (Å²) >= 11 is 7.62. The van der Waals surface area contributed by atoms with Crippen LogP contribution in [0.5, 0.6) is 0 Å². The van der Waals surface area contributed by atoms with E-state index in [2.05, 4.69) is 51.4 Å². The number of halogens is 1. The Morgan fingerprint density at radius 3 is 2.89 bits per heavy atom. The number of rotatable bonds is 8. The molecule has 19 heavy (non-hydrogen) atoms. The predicted octanol–water partition coefficient (Wildman–Crippen LogP) is 5.10. The fourth-order valence-corrected chi connectivity index (χ4v) is 5.49. The first-order valence-corrected chi connectivity index (χ1v) is 10.1. The van der Waals surface area contributed by atoms with Gasteiger partial charge in [-0.25, -0.2) is 0 Å². The molecule has 0 radical (unpaired) electrons. The second-order valence-corrected chi connectivity index (χ2v) is 8.57. The first-order valence-electron chi connectivity index (χ1n) is 7.36. The second kappa shape index (κ2) is 8.71. The van der Waals surface area contributed by atoms with Crippen LogP contribution < -0.4 is 5.32 Å². The highest BCUT2D eigenvalue weighted by Crippen LogP contribution is 2.30. The molecule has 4 heteroatoms. The van der Waals surface area contributed by atoms with E-state index >= 15 is 0 Å². The molecule has 0 aliphatic heterocycles. The summed E-state index contributed by atoms with van der Waals surface area (Å²) in [7, 11) is 0. The van der Waals surface area contributed by atoms with Gasteiger partial charge in [-0.2, -0.15) is 11.8 Å². The highest BCUT2D eigenvalue weighted by molar-refractivity contribution is 9.10. The quantitative estimate of drug-likeness (QED) is 0.691. The lowest BCUT2D eigenvalue weighted by Gasteiger charge is -2.19. The molecule has 1 fully saturated rings. The van der Waals surface area contributed by atoms with E-state index in [1.807, 2.05) is 11.3 Å². The second-order valence-electron chi connectivity index (χ2n) is 5.33. The Labute approximate surface area is 134 Å². The largest absolute Gasteiger partial charge is 0.313 e. The lowest BCUT2D eigenvalue weighted by atomic mass is 10.2. The maximum atomic E-state index is 3.72. The van der Waals surface area contributed by atoms with Crippen LogP contribution in [0.4, 0.5) is 0 Å². The van der Waals surface area contributed by atoms with Gasteiger partial charge in [-0.05, 0) is 54.2 Å². The zero-order chi connectivity index (χ0) is 13.5. The molecule has 0 spiro atoms. The third-order valence-corrected chi connectivity index (χ3v) is 6.85. The molecule has 2 rings (SSSR count). The van der Waals surface area contributed by atoms with E-state index in [-0.39, 0.29) is 0 Å². The first kappa shape index (κ1) is 15.9. The molecule has 1 saturated carbocycles. The molecule has 1 N–H and O–H groups in total. The van der Waals surface area contributed by atoms with Crippen molar-refractivity contribution >= 4 is 39.0 Å². The van der Waals surface area contributed by atoms with E-state index in [4.69, 9.17) is 0 Å². The van der Waals surface area contributed by atoms with Crippen molar-refractivity contribution in [1.29, 1.82) is 0 Å². The molecule has 0 aromatic carbocycles. The van der Waals surface area contributed by atoms with E-state index in [0.29, 0.717) is 6.04 Å². The molecule has 0 bridgehead atoms. The summed E-state index contributed by atoms with van der Waals surface area (Å²) in [5, 5.41) is 6.84. The summed E-state index contributed by atoms with van der Waals surface area (Å²) in [4.78, 5) is 1.49. The van der Waals surface area contributed by atoms with Crippen LogP contribution in [0.15, 0.2) is 15.9 Å². The Kier molecular flexibility index (Phi) is 7.27. The zero-order valence-electron chi connectivity index (χ0n) is 11.7.